The molecule has 3 aromatic rings. The number of carbonyl (C=O) groups is 1. The number of fused-ring (bicyclic) bond motifs is 3. The third kappa shape index (κ3) is 5.97. The van der Waals surface area contributed by atoms with Gasteiger partial charge in [-0.1, -0.05) is 110 Å². The fourth-order valence-corrected chi connectivity index (χ4v) is 7.32. The van der Waals surface area contributed by atoms with Crippen molar-refractivity contribution in [1.29, 1.82) is 0 Å². The highest BCUT2D eigenvalue weighted by atomic mass is 28.3. The van der Waals surface area contributed by atoms with Gasteiger partial charge in [-0.2, -0.15) is 5.48 Å². The summed E-state index contributed by atoms with van der Waals surface area (Å²) in [6.07, 6.45) is 1.57. The molecule has 35 heavy (non-hydrogen) atoms. The minimum absolute atomic E-state index is 0.0272. The summed E-state index contributed by atoms with van der Waals surface area (Å²) in [4.78, 5) is 18.4. The molecular weight excluding hydrogens is 454 g/mol. The summed E-state index contributed by atoms with van der Waals surface area (Å²) >= 11 is 0. The molecule has 6 heteroatoms. The molecule has 0 spiro atoms. The van der Waals surface area contributed by atoms with E-state index in [1.54, 1.807) is 6.08 Å². The molecule has 1 aliphatic rings. The number of hydrogen-bond donors (Lipinski definition) is 1. The van der Waals surface area contributed by atoms with Gasteiger partial charge >= 0.3 is 5.97 Å². The Labute approximate surface area is 208 Å². The molecule has 0 saturated carbocycles. The molecule has 1 atom stereocenters. The molecule has 0 heterocycles. The van der Waals surface area contributed by atoms with Crippen LogP contribution in [0.25, 0.3) is 11.1 Å². The Bertz CT molecular complexity index is 1100. The minimum atomic E-state index is -1.92. The van der Waals surface area contributed by atoms with Gasteiger partial charge in [-0.25, -0.2) is 0 Å². The summed E-state index contributed by atoms with van der Waals surface area (Å²) in [7, 11) is -1.92. The molecule has 0 aromatic heterocycles. The van der Waals surface area contributed by atoms with Crippen molar-refractivity contribution in [3.8, 4) is 11.1 Å². The number of esters is 1. The first kappa shape index (κ1) is 25.1. The molecule has 1 aliphatic carbocycles. The van der Waals surface area contributed by atoms with Crippen molar-refractivity contribution >= 4 is 19.2 Å². The summed E-state index contributed by atoms with van der Waals surface area (Å²) in [5.41, 5.74) is 7.97. The van der Waals surface area contributed by atoms with E-state index in [4.69, 9.17) is 14.3 Å². The Hall–Kier alpha value is -3.03. The Kier molecular flexibility index (Phi) is 8.31. The van der Waals surface area contributed by atoms with Gasteiger partial charge in [-0.05, 0) is 28.3 Å². The maximum atomic E-state index is 12.7. The van der Waals surface area contributed by atoms with Gasteiger partial charge in [-0.3, -0.25) is 9.63 Å². The van der Waals surface area contributed by atoms with E-state index in [9.17, 15) is 4.79 Å². The molecule has 0 amide bonds. The summed E-state index contributed by atoms with van der Waals surface area (Å²) in [5.74, 6) is -0.191. The summed E-state index contributed by atoms with van der Waals surface area (Å²) in [6.45, 7) is 8.80. The van der Waals surface area contributed by atoms with Crippen LogP contribution in [0.3, 0.4) is 0 Å². The van der Waals surface area contributed by atoms with E-state index in [1.807, 2.05) is 18.2 Å². The second kappa shape index (κ2) is 11.6. The second-order valence-electron chi connectivity index (χ2n) is 9.40. The zero-order chi connectivity index (χ0) is 24.7. The molecule has 0 radical (unpaired) electrons. The topological polar surface area (TPSA) is 56.8 Å². The number of rotatable bonds is 12. The van der Waals surface area contributed by atoms with Crippen molar-refractivity contribution in [1.82, 2.24) is 5.48 Å². The largest absolute Gasteiger partial charge is 0.460 e. The Morgan fingerprint density at radius 1 is 0.971 bits per heavy atom. The summed E-state index contributed by atoms with van der Waals surface area (Å²) in [6, 6.07) is 27.3. The number of hydrogen-bond acceptors (Lipinski definition) is 5. The molecule has 0 saturated heterocycles. The number of ether oxygens (including phenoxy) is 2. The van der Waals surface area contributed by atoms with Crippen LogP contribution in [-0.4, -0.2) is 40.1 Å². The molecule has 0 aliphatic heterocycles. The molecule has 0 unspecified atom stereocenters. The van der Waals surface area contributed by atoms with E-state index in [0.29, 0.717) is 12.7 Å². The van der Waals surface area contributed by atoms with E-state index in [0.717, 1.165) is 0 Å². The lowest BCUT2D eigenvalue weighted by molar-refractivity contribution is -0.155. The van der Waals surface area contributed by atoms with Crippen molar-refractivity contribution in [2.45, 2.75) is 31.1 Å². The number of carbonyl (C=O) groups excluding carboxylic acids is 1. The van der Waals surface area contributed by atoms with E-state index in [2.05, 4.69) is 85.8 Å². The first-order chi connectivity index (χ1) is 17.0. The molecule has 0 fully saturated rings. The van der Waals surface area contributed by atoms with Crippen molar-refractivity contribution in [3.63, 3.8) is 0 Å². The van der Waals surface area contributed by atoms with Crippen LogP contribution < -0.4 is 10.7 Å². The second-order valence-corrected chi connectivity index (χ2v) is 14.2. The van der Waals surface area contributed by atoms with Crippen LogP contribution in [0.1, 0.15) is 17.0 Å². The normalized spacial score (nSPS) is 13.7. The maximum absolute atomic E-state index is 12.7. The summed E-state index contributed by atoms with van der Waals surface area (Å²) < 4.78 is 11.2. The van der Waals surface area contributed by atoms with Crippen LogP contribution in [0, 0.1) is 0 Å². The lowest BCUT2D eigenvalue weighted by atomic mass is 9.98. The van der Waals surface area contributed by atoms with Crippen LogP contribution in [0.4, 0.5) is 0 Å². The number of benzene rings is 3. The Morgan fingerprint density at radius 2 is 1.57 bits per heavy atom. The van der Waals surface area contributed by atoms with E-state index in [1.165, 1.54) is 27.4 Å². The van der Waals surface area contributed by atoms with E-state index in [-0.39, 0.29) is 25.3 Å². The van der Waals surface area contributed by atoms with Crippen LogP contribution in [-0.2, 0) is 19.1 Å². The highest BCUT2D eigenvalue weighted by molar-refractivity contribution is 6.90. The standard InChI is InChI=1S/C29H33NO4Si/c1-4-18-33-29(31)28(20-35(2,3)22-12-6-5-7-13-22)30-34-21-32-19-27-25-16-10-8-14-23(25)24-15-9-11-17-26(24)27/h4-17,27-28,30H,1,18-21H2,2-3H3/t28-/m0/s1. The molecule has 0 bridgehead atoms. The highest BCUT2D eigenvalue weighted by Crippen LogP contribution is 2.44. The molecule has 182 valence electrons. The van der Waals surface area contributed by atoms with Gasteiger partial charge in [0.15, 0.2) is 6.79 Å². The third-order valence-electron chi connectivity index (χ3n) is 6.51. The maximum Gasteiger partial charge on any atom is 0.325 e. The van der Waals surface area contributed by atoms with Gasteiger partial charge in [0, 0.05) is 5.92 Å². The van der Waals surface area contributed by atoms with E-state index >= 15 is 0 Å². The van der Waals surface area contributed by atoms with Crippen LogP contribution >= 0.6 is 0 Å². The predicted octanol–water partition coefficient (Wildman–Crippen LogP) is 5.01. The molecule has 1 N–H and O–H groups in total. The van der Waals surface area contributed by atoms with E-state index < -0.39 is 14.1 Å². The fourth-order valence-electron chi connectivity index (χ4n) is 4.71. The minimum Gasteiger partial charge on any atom is -0.460 e. The lowest BCUT2D eigenvalue weighted by Crippen LogP contribution is -2.50. The monoisotopic (exact) mass is 487 g/mol. The fraction of sp³-hybridized carbons (Fsp3) is 0.276. The SMILES string of the molecule is C=CCOC(=O)[C@H](C[Si](C)(C)c1ccccc1)NOCOCC1c2ccccc2-c2ccccc21. The average molecular weight is 488 g/mol. The summed E-state index contributed by atoms with van der Waals surface area (Å²) in [5, 5.41) is 1.28. The van der Waals surface area contributed by atoms with Crippen molar-refractivity contribution in [3.05, 3.63) is 103 Å². The van der Waals surface area contributed by atoms with Gasteiger partial charge < -0.3 is 9.47 Å². The smallest absolute Gasteiger partial charge is 0.325 e. The van der Waals surface area contributed by atoms with Crippen LogP contribution in [0.2, 0.25) is 19.1 Å². The van der Waals surface area contributed by atoms with Gasteiger partial charge in [0.05, 0.1) is 14.7 Å². The molecule has 3 aromatic carbocycles. The van der Waals surface area contributed by atoms with Crippen molar-refractivity contribution in [2.24, 2.45) is 0 Å². The van der Waals surface area contributed by atoms with Gasteiger partial charge in [0.2, 0.25) is 0 Å². The first-order valence-electron chi connectivity index (χ1n) is 12.0. The first-order valence-corrected chi connectivity index (χ1v) is 15.2. The Morgan fingerprint density at radius 3 is 2.20 bits per heavy atom. The van der Waals surface area contributed by atoms with Crippen LogP contribution in [0.5, 0.6) is 0 Å². The predicted molar refractivity (Wildman–Crippen MR) is 142 cm³/mol. The quantitative estimate of drug-likeness (QED) is 0.0972. The zero-order valence-electron chi connectivity index (χ0n) is 20.4. The van der Waals surface area contributed by atoms with Crippen LogP contribution in [0.15, 0.2) is 91.5 Å². The lowest BCUT2D eigenvalue weighted by Gasteiger charge is -2.27. The van der Waals surface area contributed by atoms with Crippen molar-refractivity contribution < 1.29 is 19.1 Å². The highest BCUT2D eigenvalue weighted by Gasteiger charge is 2.32. The molecule has 5 nitrogen and oxygen atoms in total. The molecule has 4 rings (SSSR count). The average Bonchev–Trinajstić information content (AvgIpc) is 3.20. The number of nitrogens with one attached hydrogen (secondary N) is 1. The van der Waals surface area contributed by atoms with Gasteiger partial charge in [0.25, 0.3) is 0 Å². The third-order valence-corrected chi connectivity index (χ3v) is 9.84. The van der Waals surface area contributed by atoms with Gasteiger partial charge in [0.1, 0.15) is 12.6 Å². The van der Waals surface area contributed by atoms with Crippen molar-refractivity contribution in [2.75, 3.05) is 20.0 Å². The van der Waals surface area contributed by atoms with Gasteiger partial charge in [-0.15, -0.1) is 0 Å². The molecular formula is C29H33NO4Si. The zero-order valence-corrected chi connectivity index (χ0v) is 21.4. The Balaban J connectivity index is 1.35. The number of hydroxylamine groups is 1.